The van der Waals surface area contributed by atoms with Crippen LogP contribution in [-0.4, -0.2) is 26.0 Å². The Morgan fingerprint density at radius 1 is 1.04 bits per heavy atom. The van der Waals surface area contributed by atoms with E-state index in [1.54, 1.807) is 18.2 Å². The van der Waals surface area contributed by atoms with Crippen molar-refractivity contribution in [2.24, 2.45) is 4.99 Å². The number of nitrogens with one attached hydrogen (secondary N) is 1. The number of aromatic amines is 1. The molecule has 0 spiro atoms. The Kier molecular flexibility index (Phi) is 4.17. The van der Waals surface area contributed by atoms with Gasteiger partial charge in [-0.05, 0) is 35.9 Å². The van der Waals surface area contributed by atoms with Crippen LogP contribution in [0.1, 0.15) is 5.56 Å². The highest BCUT2D eigenvalue weighted by Gasteiger charge is 2.31. The molecule has 0 atom stereocenters. The molecule has 2 heterocycles. The number of nitrogens with zero attached hydrogens (tertiary/aromatic N) is 4. The summed E-state index contributed by atoms with van der Waals surface area (Å²) >= 11 is 0. The first-order valence-electron chi connectivity index (χ1n) is 7.90. The van der Waals surface area contributed by atoms with Crippen molar-refractivity contribution in [3.63, 3.8) is 0 Å². The third kappa shape index (κ3) is 3.36. The number of fused-ring (bicyclic) bond motifs is 1. The van der Waals surface area contributed by atoms with Gasteiger partial charge in [0, 0.05) is 18.0 Å². The van der Waals surface area contributed by atoms with Crippen molar-refractivity contribution in [3.05, 3.63) is 66.3 Å². The average Bonchev–Trinajstić information content (AvgIpc) is 3.29. The first-order valence-corrected chi connectivity index (χ1v) is 7.90. The zero-order valence-electron chi connectivity index (χ0n) is 13.9. The summed E-state index contributed by atoms with van der Waals surface area (Å²) in [6.45, 7) is 0. The minimum Gasteiger partial charge on any atom is -0.345 e. The van der Waals surface area contributed by atoms with Crippen molar-refractivity contribution in [3.8, 4) is 11.1 Å². The molecule has 0 radical (unpaired) electrons. The van der Waals surface area contributed by atoms with Crippen molar-refractivity contribution < 1.29 is 22.0 Å². The lowest BCUT2D eigenvalue weighted by molar-refractivity contribution is -0.212. The Morgan fingerprint density at radius 3 is 2.46 bits per heavy atom. The van der Waals surface area contributed by atoms with Gasteiger partial charge in [0.15, 0.2) is 0 Å². The van der Waals surface area contributed by atoms with E-state index < -0.39 is 23.5 Å². The van der Waals surface area contributed by atoms with Gasteiger partial charge in [-0.3, -0.25) is 4.99 Å². The summed E-state index contributed by atoms with van der Waals surface area (Å²) in [4.78, 5) is 11.0. The molecule has 5 nitrogen and oxygen atoms in total. The number of rotatable bonds is 3. The van der Waals surface area contributed by atoms with Gasteiger partial charge in [0.2, 0.25) is 0 Å². The zero-order valence-corrected chi connectivity index (χ0v) is 13.9. The Bertz CT molecular complexity index is 1170. The third-order valence-corrected chi connectivity index (χ3v) is 4.00. The number of H-pyrrole nitrogens is 1. The predicted octanol–water partition coefficient (Wildman–Crippen LogP) is 4.93. The Balaban J connectivity index is 1.64. The SMILES string of the molecule is Fc1cc(-c2cnn(C(F)(F)F)c2)cc(F)c1C=Nc1ccc2[nH]cnc2c1. The molecule has 142 valence electrons. The van der Waals surface area contributed by atoms with Gasteiger partial charge in [0.05, 0.1) is 34.8 Å². The fourth-order valence-electron chi connectivity index (χ4n) is 2.62. The predicted molar refractivity (Wildman–Crippen MR) is 92.2 cm³/mol. The molecule has 0 aliphatic heterocycles. The van der Waals surface area contributed by atoms with Crippen LogP contribution in [-0.2, 0) is 6.30 Å². The summed E-state index contributed by atoms with van der Waals surface area (Å²) in [5.74, 6) is -1.92. The number of hydrogen-bond donors (Lipinski definition) is 1. The van der Waals surface area contributed by atoms with Crippen LogP contribution in [0.2, 0.25) is 0 Å². The van der Waals surface area contributed by atoms with Gasteiger partial charge in [0.25, 0.3) is 0 Å². The summed E-state index contributed by atoms with van der Waals surface area (Å²) in [5.41, 5.74) is 1.33. The quantitative estimate of drug-likeness (QED) is 0.398. The highest BCUT2D eigenvalue weighted by Crippen LogP contribution is 2.28. The molecule has 0 saturated carbocycles. The van der Waals surface area contributed by atoms with E-state index in [2.05, 4.69) is 20.1 Å². The Labute approximate surface area is 154 Å². The number of halogens is 5. The van der Waals surface area contributed by atoms with Gasteiger partial charge < -0.3 is 4.98 Å². The summed E-state index contributed by atoms with van der Waals surface area (Å²) < 4.78 is 66.3. The molecular formula is C18H10F5N5. The number of imidazole rings is 1. The molecule has 0 aliphatic rings. The highest BCUT2D eigenvalue weighted by molar-refractivity contribution is 5.85. The monoisotopic (exact) mass is 391 g/mol. The van der Waals surface area contributed by atoms with Crippen LogP contribution in [0.4, 0.5) is 27.6 Å². The van der Waals surface area contributed by atoms with Gasteiger partial charge in [-0.1, -0.05) is 0 Å². The molecular weight excluding hydrogens is 381 g/mol. The maximum Gasteiger partial charge on any atom is 0.504 e. The lowest BCUT2D eigenvalue weighted by atomic mass is 10.1. The molecule has 2 aromatic carbocycles. The molecule has 10 heteroatoms. The van der Waals surface area contributed by atoms with Gasteiger partial charge in [0.1, 0.15) is 11.6 Å². The molecule has 0 bridgehead atoms. The van der Waals surface area contributed by atoms with Gasteiger partial charge in [-0.2, -0.15) is 9.78 Å². The average molecular weight is 391 g/mol. The van der Waals surface area contributed by atoms with E-state index in [1.165, 1.54) is 6.33 Å². The van der Waals surface area contributed by atoms with E-state index in [1.807, 2.05) is 0 Å². The first-order chi connectivity index (χ1) is 13.3. The molecule has 4 rings (SSSR count). The molecule has 0 aliphatic carbocycles. The topological polar surface area (TPSA) is 58.9 Å². The minimum atomic E-state index is -4.71. The van der Waals surface area contributed by atoms with Gasteiger partial charge in [-0.15, -0.1) is 13.2 Å². The number of hydrogen-bond acceptors (Lipinski definition) is 3. The number of aliphatic imine (C=N–C) groups is 1. The first kappa shape index (κ1) is 17.8. The van der Waals surface area contributed by atoms with E-state index in [4.69, 9.17) is 0 Å². The molecule has 0 amide bonds. The Morgan fingerprint density at radius 2 is 1.79 bits per heavy atom. The van der Waals surface area contributed by atoms with E-state index in [0.29, 0.717) is 17.4 Å². The zero-order chi connectivity index (χ0) is 19.9. The molecule has 4 aromatic rings. The second kappa shape index (κ2) is 6.55. The largest absolute Gasteiger partial charge is 0.504 e. The van der Waals surface area contributed by atoms with Crippen LogP contribution in [0.3, 0.4) is 0 Å². The fraction of sp³-hybridized carbons (Fsp3) is 0.0556. The smallest absolute Gasteiger partial charge is 0.345 e. The van der Waals surface area contributed by atoms with Crippen LogP contribution in [0, 0.1) is 11.6 Å². The summed E-state index contributed by atoms with van der Waals surface area (Å²) in [6, 6.07) is 6.87. The van der Waals surface area contributed by atoms with Crippen molar-refractivity contribution >= 4 is 22.9 Å². The maximum atomic E-state index is 14.3. The van der Waals surface area contributed by atoms with Crippen LogP contribution in [0.15, 0.2) is 54.0 Å². The maximum absolute atomic E-state index is 14.3. The van der Waals surface area contributed by atoms with Crippen LogP contribution in [0.5, 0.6) is 0 Å². The van der Waals surface area contributed by atoms with Crippen molar-refractivity contribution in [2.45, 2.75) is 6.30 Å². The third-order valence-electron chi connectivity index (χ3n) is 4.00. The molecule has 1 N–H and O–H groups in total. The van der Waals surface area contributed by atoms with E-state index in [0.717, 1.165) is 30.1 Å². The Hall–Kier alpha value is -3.56. The highest BCUT2D eigenvalue weighted by atomic mass is 19.4. The molecule has 0 saturated heterocycles. The van der Waals surface area contributed by atoms with Crippen molar-refractivity contribution in [1.82, 2.24) is 19.7 Å². The fourth-order valence-corrected chi connectivity index (χ4v) is 2.62. The molecule has 2 aromatic heterocycles. The van der Waals surface area contributed by atoms with E-state index in [9.17, 15) is 22.0 Å². The van der Waals surface area contributed by atoms with E-state index >= 15 is 0 Å². The molecule has 0 unspecified atom stereocenters. The van der Waals surface area contributed by atoms with Gasteiger partial charge in [-0.25, -0.2) is 13.8 Å². The molecule has 0 fully saturated rings. The van der Waals surface area contributed by atoms with Crippen LogP contribution in [0.25, 0.3) is 22.2 Å². The van der Waals surface area contributed by atoms with Gasteiger partial charge >= 0.3 is 6.30 Å². The lowest BCUT2D eigenvalue weighted by Crippen LogP contribution is -2.16. The number of aromatic nitrogens is 4. The normalized spacial score (nSPS) is 12.3. The summed E-state index contributed by atoms with van der Waals surface area (Å²) in [6.07, 6.45) is -0.647. The number of alkyl halides is 3. The van der Waals surface area contributed by atoms with Crippen LogP contribution >= 0.6 is 0 Å². The summed E-state index contributed by atoms with van der Waals surface area (Å²) in [7, 11) is 0. The second-order valence-corrected chi connectivity index (χ2v) is 5.86. The van der Waals surface area contributed by atoms with E-state index in [-0.39, 0.29) is 15.8 Å². The van der Waals surface area contributed by atoms with Crippen LogP contribution < -0.4 is 0 Å². The number of benzene rings is 2. The summed E-state index contributed by atoms with van der Waals surface area (Å²) in [5, 5.41) is 3.15. The van der Waals surface area contributed by atoms with Crippen molar-refractivity contribution in [1.29, 1.82) is 0 Å². The van der Waals surface area contributed by atoms with Crippen molar-refractivity contribution in [2.75, 3.05) is 0 Å². The second-order valence-electron chi connectivity index (χ2n) is 5.86. The minimum absolute atomic E-state index is 0.0670. The lowest BCUT2D eigenvalue weighted by Gasteiger charge is -2.05. The molecule has 28 heavy (non-hydrogen) atoms. The standard InChI is InChI=1S/C18H10F5N5/c19-14-3-10(11-6-27-28(8-11)18(21,22)23)4-15(20)13(14)7-24-12-1-2-16-17(5-12)26-9-25-16/h1-9H,(H,25,26).